The van der Waals surface area contributed by atoms with E-state index in [2.05, 4.69) is 4.99 Å². The van der Waals surface area contributed by atoms with Gasteiger partial charge in [0.2, 0.25) is 5.55 Å². The van der Waals surface area contributed by atoms with Crippen molar-refractivity contribution in [3.05, 3.63) is 70.5 Å². The Hall–Kier alpha value is -2.17. The number of hydrogen-bond donors (Lipinski definition) is 0. The summed E-state index contributed by atoms with van der Waals surface area (Å²) < 4.78 is 24.4. The highest BCUT2D eigenvalue weighted by Gasteiger charge is 2.05. The maximum Gasteiger partial charge on any atom is 0.225 e. The smallest absolute Gasteiger partial charge is 0.225 e. The lowest BCUT2D eigenvalue weighted by Gasteiger charge is -2.05. The summed E-state index contributed by atoms with van der Waals surface area (Å²) >= 11 is 6.03. The summed E-state index contributed by atoms with van der Waals surface area (Å²) in [6, 6.07) is 13.3. The first kappa shape index (κ1) is 15.7. The molecule has 0 spiro atoms. The van der Waals surface area contributed by atoms with Gasteiger partial charge in [-0.25, -0.2) is 9.38 Å². The lowest BCUT2D eigenvalue weighted by Crippen LogP contribution is -2.10. The van der Waals surface area contributed by atoms with E-state index in [0.717, 1.165) is 10.9 Å². The summed E-state index contributed by atoms with van der Waals surface area (Å²) in [5.74, 6) is -0.302. The number of fused-ring (bicyclic) bond motifs is 1. The third kappa shape index (κ3) is 3.78. The standard InChI is InChI=1S/C18H15ClFNO2/c1-2-22-11-13-9-12-10-14(19)3-8-17(12)23-18(13)21-16-6-4-15(20)5-7-16/h3-10H,2,11H2,1H3. The zero-order chi connectivity index (χ0) is 16.2. The van der Waals surface area contributed by atoms with Crippen LogP contribution < -0.4 is 5.55 Å². The third-order valence-corrected chi connectivity index (χ3v) is 3.54. The summed E-state index contributed by atoms with van der Waals surface area (Å²) in [6.07, 6.45) is 0. The molecular formula is C18H15ClFNO2. The summed E-state index contributed by atoms with van der Waals surface area (Å²) in [7, 11) is 0. The molecule has 0 radical (unpaired) electrons. The fraction of sp³-hybridized carbons (Fsp3) is 0.167. The van der Waals surface area contributed by atoms with Crippen molar-refractivity contribution in [3.8, 4) is 0 Å². The van der Waals surface area contributed by atoms with E-state index in [1.165, 1.54) is 12.1 Å². The fourth-order valence-corrected chi connectivity index (χ4v) is 2.37. The van der Waals surface area contributed by atoms with Gasteiger partial charge in [0.05, 0.1) is 12.3 Å². The number of benzene rings is 2. The summed E-state index contributed by atoms with van der Waals surface area (Å²) in [5.41, 5.74) is 2.54. The van der Waals surface area contributed by atoms with Gasteiger partial charge in [0.25, 0.3) is 0 Å². The Morgan fingerprint density at radius 2 is 1.91 bits per heavy atom. The van der Waals surface area contributed by atoms with E-state index in [-0.39, 0.29) is 5.82 Å². The van der Waals surface area contributed by atoms with Crippen molar-refractivity contribution in [3.63, 3.8) is 0 Å². The molecule has 3 nitrogen and oxygen atoms in total. The Bertz CT molecular complexity index is 888. The Morgan fingerprint density at radius 1 is 1.13 bits per heavy atom. The van der Waals surface area contributed by atoms with Crippen molar-refractivity contribution in [2.75, 3.05) is 6.61 Å². The average molecular weight is 332 g/mol. The largest absolute Gasteiger partial charge is 0.438 e. The first-order valence-corrected chi connectivity index (χ1v) is 7.64. The molecule has 0 aliphatic carbocycles. The van der Waals surface area contributed by atoms with Crippen LogP contribution in [0.4, 0.5) is 10.1 Å². The number of hydrogen-bond acceptors (Lipinski definition) is 3. The van der Waals surface area contributed by atoms with Crippen LogP contribution in [0, 0.1) is 5.82 Å². The van der Waals surface area contributed by atoms with Gasteiger partial charge in [-0.3, -0.25) is 0 Å². The normalized spacial score (nSPS) is 12.0. The molecule has 5 heteroatoms. The molecule has 0 aliphatic rings. The Labute approximate surface area is 138 Å². The van der Waals surface area contributed by atoms with Gasteiger partial charge in [0, 0.05) is 22.6 Å². The maximum absolute atomic E-state index is 13.0. The molecular weight excluding hydrogens is 317 g/mol. The van der Waals surface area contributed by atoms with Crippen molar-refractivity contribution in [2.45, 2.75) is 13.5 Å². The van der Waals surface area contributed by atoms with Gasteiger partial charge < -0.3 is 9.15 Å². The molecule has 3 rings (SSSR count). The number of halogens is 2. The zero-order valence-corrected chi connectivity index (χ0v) is 13.3. The van der Waals surface area contributed by atoms with Crippen molar-refractivity contribution < 1.29 is 13.5 Å². The van der Waals surface area contributed by atoms with Crippen LogP contribution in [0.15, 0.2) is 57.9 Å². The maximum atomic E-state index is 13.0. The monoisotopic (exact) mass is 331 g/mol. The highest BCUT2D eigenvalue weighted by Crippen LogP contribution is 2.20. The molecule has 0 N–H and O–H groups in total. The molecule has 0 amide bonds. The van der Waals surface area contributed by atoms with E-state index in [0.29, 0.717) is 35.1 Å². The predicted octanol–water partition coefficient (Wildman–Crippen LogP) is 4.99. The Balaban J connectivity index is 2.15. The van der Waals surface area contributed by atoms with Gasteiger partial charge in [0.15, 0.2) is 0 Å². The van der Waals surface area contributed by atoms with E-state index in [1.54, 1.807) is 24.3 Å². The Morgan fingerprint density at radius 3 is 2.65 bits per heavy atom. The quantitative estimate of drug-likeness (QED) is 0.674. The van der Waals surface area contributed by atoms with Crippen LogP contribution in [-0.4, -0.2) is 6.61 Å². The highest BCUT2D eigenvalue weighted by atomic mass is 35.5. The van der Waals surface area contributed by atoms with Crippen LogP contribution in [0.1, 0.15) is 12.5 Å². The molecule has 1 aromatic heterocycles. The first-order valence-electron chi connectivity index (χ1n) is 7.26. The predicted molar refractivity (Wildman–Crippen MR) is 88.2 cm³/mol. The zero-order valence-electron chi connectivity index (χ0n) is 12.6. The van der Waals surface area contributed by atoms with E-state index in [1.807, 2.05) is 19.1 Å². The van der Waals surface area contributed by atoms with Crippen LogP contribution in [0.25, 0.3) is 11.0 Å². The van der Waals surface area contributed by atoms with Gasteiger partial charge in [0.1, 0.15) is 11.4 Å². The first-order chi connectivity index (χ1) is 11.2. The fourth-order valence-electron chi connectivity index (χ4n) is 2.19. The molecule has 23 heavy (non-hydrogen) atoms. The minimum Gasteiger partial charge on any atom is -0.438 e. The molecule has 1 heterocycles. The third-order valence-electron chi connectivity index (χ3n) is 3.30. The molecule has 0 bridgehead atoms. The van der Waals surface area contributed by atoms with Crippen LogP contribution >= 0.6 is 11.6 Å². The molecule has 0 saturated heterocycles. The van der Waals surface area contributed by atoms with Crippen molar-refractivity contribution in [1.29, 1.82) is 0 Å². The second kappa shape index (κ2) is 6.94. The minimum absolute atomic E-state index is 0.302. The lowest BCUT2D eigenvalue weighted by atomic mass is 10.2. The van der Waals surface area contributed by atoms with Gasteiger partial charge in [-0.05, 0) is 55.5 Å². The van der Waals surface area contributed by atoms with Gasteiger partial charge in [-0.1, -0.05) is 11.6 Å². The van der Waals surface area contributed by atoms with E-state index >= 15 is 0 Å². The van der Waals surface area contributed by atoms with Gasteiger partial charge in [-0.15, -0.1) is 0 Å². The second-order valence-electron chi connectivity index (χ2n) is 4.98. The molecule has 2 aromatic carbocycles. The molecule has 0 saturated carbocycles. The van der Waals surface area contributed by atoms with E-state index in [9.17, 15) is 4.39 Å². The van der Waals surface area contributed by atoms with Crippen molar-refractivity contribution in [1.82, 2.24) is 0 Å². The number of nitrogens with zero attached hydrogens (tertiary/aromatic N) is 1. The average Bonchev–Trinajstić information content (AvgIpc) is 2.55. The Kier molecular flexibility index (Phi) is 4.74. The molecule has 118 valence electrons. The highest BCUT2D eigenvalue weighted by molar-refractivity contribution is 6.31. The minimum atomic E-state index is -0.302. The van der Waals surface area contributed by atoms with E-state index < -0.39 is 0 Å². The van der Waals surface area contributed by atoms with E-state index in [4.69, 9.17) is 20.8 Å². The SMILES string of the molecule is CCOCc1cc2cc(Cl)ccc2oc1=Nc1ccc(F)cc1. The van der Waals surface area contributed by atoms with Crippen LogP contribution in [-0.2, 0) is 11.3 Å². The van der Waals surface area contributed by atoms with Gasteiger partial charge in [-0.2, -0.15) is 0 Å². The molecule has 0 fully saturated rings. The van der Waals surface area contributed by atoms with Crippen molar-refractivity contribution in [2.24, 2.45) is 4.99 Å². The molecule has 0 atom stereocenters. The topological polar surface area (TPSA) is 34.7 Å². The lowest BCUT2D eigenvalue weighted by molar-refractivity contribution is 0.131. The molecule has 0 aliphatic heterocycles. The van der Waals surface area contributed by atoms with Crippen LogP contribution in [0.3, 0.4) is 0 Å². The number of ether oxygens (including phenoxy) is 1. The summed E-state index contributed by atoms with van der Waals surface area (Å²) in [5, 5.41) is 1.52. The van der Waals surface area contributed by atoms with Crippen LogP contribution in [0.2, 0.25) is 5.02 Å². The second-order valence-corrected chi connectivity index (χ2v) is 5.42. The van der Waals surface area contributed by atoms with Crippen LogP contribution in [0.5, 0.6) is 0 Å². The number of rotatable bonds is 4. The molecule has 3 aromatic rings. The molecule has 0 unspecified atom stereocenters. The summed E-state index contributed by atoms with van der Waals surface area (Å²) in [4.78, 5) is 4.46. The van der Waals surface area contributed by atoms with Crippen molar-refractivity contribution >= 4 is 28.3 Å². The van der Waals surface area contributed by atoms with Gasteiger partial charge >= 0.3 is 0 Å². The summed E-state index contributed by atoms with van der Waals surface area (Å²) in [6.45, 7) is 2.89.